The van der Waals surface area contributed by atoms with E-state index in [-0.39, 0.29) is 22.3 Å². The molecule has 1 aliphatic rings. The van der Waals surface area contributed by atoms with Gasteiger partial charge in [0.15, 0.2) is 6.61 Å². The maximum atomic E-state index is 12.9. The molecule has 1 fully saturated rings. The molecule has 2 aromatic carbocycles. The van der Waals surface area contributed by atoms with Crippen molar-refractivity contribution in [3.05, 3.63) is 47.0 Å². The van der Waals surface area contributed by atoms with Crippen molar-refractivity contribution in [2.45, 2.75) is 24.7 Å². The Morgan fingerprint density at radius 1 is 1.14 bits per heavy atom. The van der Waals surface area contributed by atoms with E-state index < -0.39 is 15.9 Å². The molecule has 29 heavy (non-hydrogen) atoms. The molecular weight excluding hydrogens is 416 g/mol. The van der Waals surface area contributed by atoms with Gasteiger partial charge < -0.3 is 14.8 Å². The predicted octanol–water partition coefficient (Wildman–Crippen LogP) is 3.46. The van der Waals surface area contributed by atoms with Crippen LogP contribution in [0.5, 0.6) is 11.5 Å². The van der Waals surface area contributed by atoms with E-state index in [9.17, 15) is 13.2 Å². The number of aryl methyl sites for hydroxylation is 1. The molecule has 2 aromatic rings. The summed E-state index contributed by atoms with van der Waals surface area (Å²) in [5.74, 6) is 0.175. The Morgan fingerprint density at radius 2 is 1.83 bits per heavy atom. The van der Waals surface area contributed by atoms with Crippen LogP contribution in [0.25, 0.3) is 0 Å². The number of hydrogen-bond donors (Lipinski definition) is 1. The van der Waals surface area contributed by atoms with Crippen LogP contribution in [0.4, 0.5) is 5.69 Å². The number of rotatable bonds is 7. The van der Waals surface area contributed by atoms with Gasteiger partial charge in [-0.05, 0) is 55.7 Å². The van der Waals surface area contributed by atoms with Gasteiger partial charge in [-0.15, -0.1) is 0 Å². The van der Waals surface area contributed by atoms with E-state index in [0.717, 1.165) is 18.4 Å². The quantitative estimate of drug-likeness (QED) is 0.715. The summed E-state index contributed by atoms with van der Waals surface area (Å²) in [5, 5.41) is 3.00. The van der Waals surface area contributed by atoms with E-state index in [0.29, 0.717) is 24.5 Å². The molecule has 0 aromatic heterocycles. The normalized spacial score (nSPS) is 14.6. The number of nitrogens with one attached hydrogen (secondary N) is 1. The third kappa shape index (κ3) is 5.01. The highest BCUT2D eigenvalue weighted by Gasteiger charge is 2.30. The average Bonchev–Trinajstić information content (AvgIpc) is 3.23. The number of carbonyl (C=O) groups excluding carboxylic acids is 1. The first-order valence-electron chi connectivity index (χ1n) is 9.18. The zero-order chi connectivity index (χ0) is 21.0. The van der Waals surface area contributed by atoms with Crippen LogP contribution in [0.2, 0.25) is 5.02 Å². The fraction of sp³-hybridized carbons (Fsp3) is 0.350. The van der Waals surface area contributed by atoms with E-state index in [2.05, 4.69) is 5.32 Å². The van der Waals surface area contributed by atoms with Crippen LogP contribution >= 0.6 is 11.6 Å². The minimum absolute atomic E-state index is 0.0344. The maximum absolute atomic E-state index is 12.9. The Morgan fingerprint density at radius 3 is 2.52 bits per heavy atom. The molecule has 9 heteroatoms. The summed E-state index contributed by atoms with van der Waals surface area (Å²) in [5.41, 5.74) is 1.47. The predicted molar refractivity (Wildman–Crippen MR) is 111 cm³/mol. The number of sulfonamides is 1. The van der Waals surface area contributed by atoms with Crippen molar-refractivity contribution in [2.75, 3.05) is 32.1 Å². The Balaban J connectivity index is 1.76. The summed E-state index contributed by atoms with van der Waals surface area (Å²) < 4.78 is 38.1. The topological polar surface area (TPSA) is 84.9 Å². The van der Waals surface area contributed by atoms with Crippen LogP contribution in [-0.4, -0.2) is 45.4 Å². The van der Waals surface area contributed by atoms with Crippen molar-refractivity contribution in [3.63, 3.8) is 0 Å². The number of benzene rings is 2. The van der Waals surface area contributed by atoms with Gasteiger partial charge in [0.1, 0.15) is 16.4 Å². The fourth-order valence-electron chi connectivity index (χ4n) is 3.12. The Kier molecular flexibility index (Phi) is 6.66. The van der Waals surface area contributed by atoms with Crippen molar-refractivity contribution in [1.29, 1.82) is 0 Å². The van der Waals surface area contributed by atoms with Gasteiger partial charge in [-0.3, -0.25) is 4.79 Å². The van der Waals surface area contributed by atoms with Crippen molar-refractivity contribution in [2.24, 2.45) is 0 Å². The van der Waals surface area contributed by atoms with Gasteiger partial charge in [-0.25, -0.2) is 8.42 Å². The second-order valence-electron chi connectivity index (χ2n) is 6.74. The largest absolute Gasteiger partial charge is 0.495 e. The molecule has 7 nitrogen and oxygen atoms in total. The number of amides is 1. The summed E-state index contributed by atoms with van der Waals surface area (Å²) in [6, 6.07) is 9.75. The van der Waals surface area contributed by atoms with Gasteiger partial charge in [-0.1, -0.05) is 17.7 Å². The van der Waals surface area contributed by atoms with Crippen molar-refractivity contribution >= 4 is 33.2 Å². The number of ether oxygens (including phenoxy) is 2. The lowest BCUT2D eigenvalue weighted by Crippen LogP contribution is -2.28. The molecule has 1 amide bonds. The lowest BCUT2D eigenvalue weighted by Gasteiger charge is -2.18. The van der Waals surface area contributed by atoms with Crippen molar-refractivity contribution in [3.8, 4) is 11.5 Å². The Hall–Kier alpha value is -2.29. The molecule has 1 N–H and O–H groups in total. The number of anilines is 1. The number of methoxy groups -OCH3 is 1. The van der Waals surface area contributed by atoms with Crippen LogP contribution in [0, 0.1) is 6.92 Å². The SMILES string of the molecule is COc1ccc(C)cc1NC(=O)COc1ccc(Cl)cc1S(=O)(=O)N1CCCC1. The summed E-state index contributed by atoms with van der Waals surface area (Å²) in [4.78, 5) is 12.3. The van der Waals surface area contributed by atoms with Crippen LogP contribution in [0.3, 0.4) is 0 Å². The fourth-order valence-corrected chi connectivity index (χ4v) is 5.03. The van der Waals surface area contributed by atoms with Crippen molar-refractivity contribution < 1.29 is 22.7 Å². The van der Waals surface area contributed by atoms with E-state index in [1.54, 1.807) is 12.1 Å². The molecule has 1 saturated heterocycles. The smallest absolute Gasteiger partial charge is 0.262 e. The molecule has 0 saturated carbocycles. The molecular formula is C20H23ClN2O5S. The Labute approximate surface area is 175 Å². The lowest BCUT2D eigenvalue weighted by molar-refractivity contribution is -0.118. The molecule has 0 bridgehead atoms. The van der Waals surface area contributed by atoms with Gasteiger partial charge in [0.05, 0.1) is 12.8 Å². The zero-order valence-electron chi connectivity index (χ0n) is 16.3. The molecule has 1 aliphatic heterocycles. The first-order chi connectivity index (χ1) is 13.8. The number of nitrogens with zero attached hydrogens (tertiary/aromatic N) is 1. The standard InChI is InChI=1S/C20H23ClN2O5S/c1-14-5-7-17(27-2)16(11-14)22-20(24)13-28-18-8-6-15(21)12-19(18)29(25,26)23-9-3-4-10-23/h5-8,11-12H,3-4,9-10,13H2,1-2H3,(H,22,24). The third-order valence-electron chi connectivity index (χ3n) is 4.58. The lowest BCUT2D eigenvalue weighted by atomic mass is 10.2. The second-order valence-corrected chi connectivity index (χ2v) is 9.09. The van der Waals surface area contributed by atoms with Gasteiger partial charge in [0, 0.05) is 18.1 Å². The van der Waals surface area contributed by atoms with Gasteiger partial charge in [-0.2, -0.15) is 4.31 Å². The summed E-state index contributed by atoms with van der Waals surface area (Å²) in [6.07, 6.45) is 1.63. The van der Waals surface area contributed by atoms with Crippen LogP contribution in [0.1, 0.15) is 18.4 Å². The van der Waals surface area contributed by atoms with Crippen LogP contribution < -0.4 is 14.8 Å². The molecule has 156 valence electrons. The first kappa shape index (κ1) is 21.4. The van der Waals surface area contributed by atoms with Crippen molar-refractivity contribution in [1.82, 2.24) is 4.31 Å². The number of hydrogen-bond acceptors (Lipinski definition) is 5. The summed E-state index contributed by atoms with van der Waals surface area (Å²) in [6.45, 7) is 2.46. The van der Waals surface area contributed by atoms with Gasteiger partial charge in [0.2, 0.25) is 10.0 Å². The highest BCUT2D eigenvalue weighted by molar-refractivity contribution is 7.89. The monoisotopic (exact) mass is 438 g/mol. The van der Waals surface area contributed by atoms with E-state index in [1.807, 2.05) is 13.0 Å². The highest BCUT2D eigenvalue weighted by atomic mass is 35.5. The maximum Gasteiger partial charge on any atom is 0.262 e. The van der Waals surface area contributed by atoms with Crippen LogP contribution in [-0.2, 0) is 14.8 Å². The molecule has 1 heterocycles. The second kappa shape index (κ2) is 9.02. The molecule has 3 rings (SSSR count). The summed E-state index contributed by atoms with van der Waals surface area (Å²) >= 11 is 6.02. The molecule has 0 spiro atoms. The minimum atomic E-state index is -3.74. The molecule has 0 unspecified atom stereocenters. The van der Waals surface area contributed by atoms with E-state index in [1.165, 1.54) is 29.6 Å². The third-order valence-corrected chi connectivity index (χ3v) is 6.73. The van der Waals surface area contributed by atoms with Crippen LogP contribution in [0.15, 0.2) is 41.3 Å². The van der Waals surface area contributed by atoms with E-state index >= 15 is 0 Å². The number of carbonyl (C=O) groups is 1. The zero-order valence-corrected chi connectivity index (χ0v) is 17.8. The number of halogens is 1. The molecule has 0 atom stereocenters. The highest BCUT2D eigenvalue weighted by Crippen LogP contribution is 2.31. The van der Waals surface area contributed by atoms with Gasteiger partial charge in [0.25, 0.3) is 5.91 Å². The molecule has 0 radical (unpaired) electrons. The molecule has 0 aliphatic carbocycles. The summed E-state index contributed by atoms with van der Waals surface area (Å²) in [7, 11) is -2.23. The first-order valence-corrected chi connectivity index (χ1v) is 11.0. The average molecular weight is 439 g/mol. The minimum Gasteiger partial charge on any atom is -0.495 e. The van der Waals surface area contributed by atoms with Gasteiger partial charge >= 0.3 is 0 Å². The van der Waals surface area contributed by atoms with E-state index in [4.69, 9.17) is 21.1 Å². The Bertz CT molecular complexity index is 1000.